The van der Waals surface area contributed by atoms with E-state index in [0.29, 0.717) is 11.4 Å². The Morgan fingerprint density at radius 1 is 1.12 bits per heavy atom. The van der Waals surface area contributed by atoms with Crippen molar-refractivity contribution in [2.45, 2.75) is 43.6 Å². The van der Waals surface area contributed by atoms with Gasteiger partial charge in [0.05, 0.1) is 23.0 Å². The molecular formula is C26H26F2N4O2. The first-order chi connectivity index (χ1) is 16.4. The van der Waals surface area contributed by atoms with E-state index in [2.05, 4.69) is 22.4 Å². The monoisotopic (exact) mass is 464 g/mol. The first-order valence-corrected chi connectivity index (χ1v) is 11.8. The van der Waals surface area contributed by atoms with Crippen molar-refractivity contribution in [3.8, 4) is 22.7 Å². The molecule has 3 heterocycles. The summed E-state index contributed by atoms with van der Waals surface area (Å²) in [5.41, 5.74) is 2.76. The maximum atomic E-state index is 14.6. The average molecular weight is 465 g/mol. The minimum Gasteiger partial charge on any atom is -0.488 e. The molecule has 1 aliphatic carbocycles. The first-order valence-electron chi connectivity index (χ1n) is 11.8. The number of rotatable bonds is 4. The third-order valence-electron chi connectivity index (χ3n) is 7.53. The molecule has 1 N–H and O–H groups in total. The molecule has 1 aromatic heterocycles. The van der Waals surface area contributed by atoms with Gasteiger partial charge in [0.2, 0.25) is 5.91 Å². The molecule has 8 heteroatoms. The van der Waals surface area contributed by atoms with Crippen molar-refractivity contribution in [3.05, 3.63) is 59.8 Å². The van der Waals surface area contributed by atoms with Crippen LogP contribution in [0.3, 0.4) is 0 Å². The second-order valence-corrected chi connectivity index (χ2v) is 9.63. The number of likely N-dealkylation sites (tertiary alicyclic amines) is 1. The largest absolute Gasteiger partial charge is 0.488 e. The Bertz CT molecular complexity index is 1280. The van der Waals surface area contributed by atoms with E-state index in [-0.39, 0.29) is 17.7 Å². The molecule has 176 valence electrons. The van der Waals surface area contributed by atoms with Gasteiger partial charge in [-0.25, -0.2) is 13.5 Å². The van der Waals surface area contributed by atoms with Crippen molar-refractivity contribution in [2.24, 2.45) is 0 Å². The molecule has 6 nitrogen and oxygen atoms in total. The highest BCUT2D eigenvalue weighted by molar-refractivity contribution is 6.09. The Morgan fingerprint density at radius 2 is 1.91 bits per heavy atom. The maximum Gasteiger partial charge on any atom is 0.235 e. The molecule has 6 rings (SSSR count). The van der Waals surface area contributed by atoms with E-state index in [9.17, 15) is 13.6 Å². The summed E-state index contributed by atoms with van der Waals surface area (Å²) in [6, 6.07) is 9.15. The van der Waals surface area contributed by atoms with Crippen LogP contribution in [0.15, 0.2) is 42.6 Å². The summed E-state index contributed by atoms with van der Waals surface area (Å²) in [6.07, 6.45) is 6.07. The van der Waals surface area contributed by atoms with E-state index >= 15 is 0 Å². The highest BCUT2D eigenvalue weighted by Crippen LogP contribution is 2.55. The van der Waals surface area contributed by atoms with Crippen LogP contribution in [-0.4, -0.2) is 46.8 Å². The second kappa shape index (κ2) is 7.91. The Balaban J connectivity index is 1.46. The number of piperidine rings is 1. The molecule has 0 unspecified atom stereocenters. The summed E-state index contributed by atoms with van der Waals surface area (Å²) in [6.45, 7) is 1.92. The Kier molecular flexibility index (Phi) is 4.95. The Labute approximate surface area is 196 Å². The number of fused-ring (bicyclic) bond motifs is 2. The number of aromatic nitrogens is 2. The number of nitrogens with one attached hydrogen (secondary N) is 1. The van der Waals surface area contributed by atoms with E-state index in [1.54, 1.807) is 12.3 Å². The van der Waals surface area contributed by atoms with Crippen LogP contribution in [0.2, 0.25) is 0 Å². The van der Waals surface area contributed by atoms with Crippen molar-refractivity contribution >= 4 is 11.6 Å². The highest BCUT2D eigenvalue weighted by Gasteiger charge is 2.52. The molecule has 3 aliphatic rings. The average Bonchev–Trinajstić information content (AvgIpc) is 3.37. The van der Waals surface area contributed by atoms with Gasteiger partial charge < -0.3 is 15.0 Å². The Morgan fingerprint density at radius 3 is 2.62 bits per heavy atom. The number of amides is 1. The van der Waals surface area contributed by atoms with Gasteiger partial charge in [-0.2, -0.15) is 5.10 Å². The van der Waals surface area contributed by atoms with Crippen LogP contribution in [0.5, 0.6) is 5.75 Å². The van der Waals surface area contributed by atoms with E-state index < -0.39 is 17.0 Å². The molecule has 1 spiro atoms. The van der Waals surface area contributed by atoms with Crippen LogP contribution in [0.1, 0.15) is 37.7 Å². The minimum absolute atomic E-state index is 0.0252. The summed E-state index contributed by atoms with van der Waals surface area (Å²) in [4.78, 5) is 15.3. The summed E-state index contributed by atoms with van der Waals surface area (Å²) in [5, 5.41) is 7.40. The SMILES string of the molecule is CN1CCC(Oc2cc(-c3ccnn3-c3ccc(F)cc3F)cc3c2NC(=O)C32CCC2)CC1. The number of carbonyl (C=O) groups excluding carboxylic acids is 1. The van der Waals surface area contributed by atoms with Crippen LogP contribution in [0.4, 0.5) is 14.5 Å². The second-order valence-electron chi connectivity index (χ2n) is 9.63. The van der Waals surface area contributed by atoms with Crippen molar-refractivity contribution in [1.82, 2.24) is 14.7 Å². The zero-order chi connectivity index (χ0) is 23.4. The number of carbonyl (C=O) groups is 1. The number of hydrogen-bond acceptors (Lipinski definition) is 4. The third kappa shape index (κ3) is 3.31. The topological polar surface area (TPSA) is 59.4 Å². The highest BCUT2D eigenvalue weighted by atomic mass is 19.1. The lowest BCUT2D eigenvalue weighted by Gasteiger charge is -2.36. The predicted octanol–water partition coefficient (Wildman–Crippen LogP) is 4.66. The van der Waals surface area contributed by atoms with Gasteiger partial charge in [0.15, 0.2) is 5.82 Å². The maximum absolute atomic E-state index is 14.6. The molecule has 1 amide bonds. The minimum atomic E-state index is -0.693. The molecular weight excluding hydrogens is 438 g/mol. The van der Waals surface area contributed by atoms with Crippen molar-refractivity contribution in [2.75, 3.05) is 25.5 Å². The summed E-state index contributed by atoms with van der Waals surface area (Å²) >= 11 is 0. The standard InChI is InChI=1S/C26H26F2N4O2/c1-31-11-6-18(7-12-31)34-23-14-16(13-19-24(23)30-25(33)26(19)8-2-9-26)21-5-10-29-32(21)22-4-3-17(27)15-20(22)28/h3-5,10,13-15,18H,2,6-9,11-12H2,1H3,(H,30,33). The number of halogens is 2. The van der Waals surface area contributed by atoms with E-state index in [0.717, 1.165) is 68.1 Å². The van der Waals surface area contributed by atoms with Gasteiger partial charge in [0, 0.05) is 24.7 Å². The molecule has 0 bridgehead atoms. The lowest BCUT2D eigenvalue weighted by Crippen LogP contribution is -2.40. The van der Waals surface area contributed by atoms with Crippen LogP contribution < -0.4 is 10.1 Å². The molecule has 2 aromatic carbocycles. The fourth-order valence-electron chi connectivity index (χ4n) is 5.39. The van der Waals surface area contributed by atoms with Gasteiger partial charge in [0.25, 0.3) is 0 Å². The molecule has 0 atom stereocenters. The van der Waals surface area contributed by atoms with Crippen LogP contribution in [0, 0.1) is 11.6 Å². The molecule has 2 aliphatic heterocycles. The van der Waals surface area contributed by atoms with E-state index in [1.807, 2.05) is 12.1 Å². The smallest absolute Gasteiger partial charge is 0.235 e. The number of ether oxygens (including phenoxy) is 1. The predicted molar refractivity (Wildman–Crippen MR) is 124 cm³/mol. The zero-order valence-electron chi connectivity index (χ0n) is 19.0. The van der Waals surface area contributed by atoms with Crippen molar-refractivity contribution < 1.29 is 18.3 Å². The molecule has 2 fully saturated rings. The summed E-state index contributed by atoms with van der Waals surface area (Å²) in [7, 11) is 2.10. The summed E-state index contributed by atoms with van der Waals surface area (Å²) < 4.78 is 36.1. The van der Waals surface area contributed by atoms with E-state index in [4.69, 9.17) is 4.74 Å². The number of hydrogen-bond donors (Lipinski definition) is 1. The number of anilines is 1. The fraction of sp³-hybridized carbons (Fsp3) is 0.385. The number of nitrogens with zero attached hydrogens (tertiary/aromatic N) is 3. The number of benzene rings is 2. The normalized spacial score (nSPS) is 19.7. The molecule has 3 aromatic rings. The van der Waals surface area contributed by atoms with Crippen LogP contribution >= 0.6 is 0 Å². The quantitative estimate of drug-likeness (QED) is 0.610. The molecule has 1 saturated carbocycles. The first kappa shape index (κ1) is 21.3. The Hall–Kier alpha value is -3.26. The van der Waals surface area contributed by atoms with Gasteiger partial charge >= 0.3 is 0 Å². The lowest BCUT2D eigenvalue weighted by molar-refractivity contribution is -0.123. The third-order valence-corrected chi connectivity index (χ3v) is 7.53. The van der Waals surface area contributed by atoms with Crippen molar-refractivity contribution in [1.29, 1.82) is 0 Å². The fourth-order valence-corrected chi connectivity index (χ4v) is 5.39. The zero-order valence-corrected chi connectivity index (χ0v) is 19.0. The van der Waals surface area contributed by atoms with Gasteiger partial charge in [-0.1, -0.05) is 6.42 Å². The van der Waals surface area contributed by atoms with E-state index in [1.165, 1.54) is 16.8 Å². The lowest BCUT2D eigenvalue weighted by atomic mass is 9.65. The molecule has 34 heavy (non-hydrogen) atoms. The van der Waals surface area contributed by atoms with Crippen LogP contribution in [0.25, 0.3) is 16.9 Å². The molecule has 1 saturated heterocycles. The van der Waals surface area contributed by atoms with Gasteiger partial charge in [0.1, 0.15) is 23.4 Å². The van der Waals surface area contributed by atoms with Gasteiger partial charge in [-0.3, -0.25) is 4.79 Å². The van der Waals surface area contributed by atoms with Crippen LogP contribution in [-0.2, 0) is 10.2 Å². The van der Waals surface area contributed by atoms with Crippen molar-refractivity contribution in [3.63, 3.8) is 0 Å². The summed E-state index contributed by atoms with van der Waals surface area (Å²) in [5.74, 6) is -0.664. The van der Waals surface area contributed by atoms with Gasteiger partial charge in [-0.05, 0) is 68.6 Å². The molecule has 0 radical (unpaired) electrons. The van der Waals surface area contributed by atoms with Gasteiger partial charge in [-0.15, -0.1) is 0 Å².